The van der Waals surface area contributed by atoms with E-state index in [1.807, 2.05) is 6.92 Å². The van der Waals surface area contributed by atoms with Gasteiger partial charge in [0.05, 0.1) is 34.4 Å². The number of carbonyl (C=O) groups is 2. The van der Waals surface area contributed by atoms with Gasteiger partial charge in [-0.3, -0.25) is 14.6 Å². The van der Waals surface area contributed by atoms with Crippen LogP contribution in [-0.2, 0) is 10.2 Å². The molecule has 3 aliphatic rings. The maximum atomic E-state index is 14.3. The molecule has 0 atom stereocenters. The van der Waals surface area contributed by atoms with Crippen molar-refractivity contribution in [2.45, 2.75) is 50.5 Å². The highest BCUT2D eigenvalue weighted by molar-refractivity contribution is 6.30. The highest BCUT2D eigenvalue weighted by Gasteiger charge is 2.58. The van der Waals surface area contributed by atoms with Gasteiger partial charge in [-0.2, -0.15) is 0 Å². The zero-order valence-corrected chi connectivity index (χ0v) is 23.0. The Labute approximate surface area is 239 Å². The lowest BCUT2D eigenvalue weighted by Crippen LogP contribution is -2.64. The molecule has 1 saturated heterocycles. The van der Waals surface area contributed by atoms with Crippen molar-refractivity contribution in [2.24, 2.45) is 5.92 Å². The number of halogens is 4. The van der Waals surface area contributed by atoms with Gasteiger partial charge in [-0.1, -0.05) is 17.7 Å². The number of aryl methyl sites for hydroxylation is 1. The van der Waals surface area contributed by atoms with Gasteiger partial charge in [-0.25, -0.2) is 23.1 Å². The fraction of sp³-hybridized carbons (Fsp3) is 0.414. The lowest BCUT2D eigenvalue weighted by Gasteiger charge is -2.48. The SMILES string of the molecule is Cc1ncc(N2CC3(C2)C(=O)N(CC2CCC(NC(=O)c4cc(Cl)cnc4C(F)F)CC2)c2cc(F)ccc23)cn1. The molecule has 0 radical (unpaired) electrons. The topological polar surface area (TPSA) is 91.3 Å². The van der Waals surface area contributed by atoms with Crippen LogP contribution in [0.1, 0.15) is 59.5 Å². The summed E-state index contributed by atoms with van der Waals surface area (Å²) in [5.41, 5.74) is 0.709. The Bertz CT molecular complexity index is 1490. The Morgan fingerprint density at radius 2 is 1.80 bits per heavy atom. The largest absolute Gasteiger partial charge is 0.366 e. The van der Waals surface area contributed by atoms with Crippen LogP contribution < -0.4 is 15.1 Å². The zero-order valence-electron chi connectivity index (χ0n) is 22.3. The smallest absolute Gasteiger partial charge is 0.281 e. The summed E-state index contributed by atoms with van der Waals surface area (Å²) in [6, 6.07) is 5.56. The van der Waals surface area contributed by atoms with Crippen molar-refractivity contribution in [3.8, 4) is 0 Å². The quantitative estimate of drug-likeness (QED) is 0.438. The zero-order chi connectivity index (χ0) is 28.9. The molecule has 2 aromatic heterocycles. The summed E-state index contributed by atoms with van der Waals surface area (Å²) in [7, 11) is 0. The van der Waals surface area contributed by atoms with Gasteiger partial charge in [0.1, 0.15) is 22.8 Å². The summed E-state index contributed by atoms with van der Waals surface area (Å²) < 4.78 is 41.1. The Kier molecular flexibility index (Phi) is 7.09. The molecule has 3 aromatic rings. The fourth-order valence-electron chi connectivity index (χ4n) is 6.26. The number of pyridine rings is 1. The number of benzene rings is 1. The van der Waals surface area contributed by atoms with Crippen molar-refractivity contribution in [1.82, 2.24) is 20.3 Å². The molecular weight excluding hydrogens is 557 g/mol. The van der Waals surface area contributed by atoms with Gasteiger partial charge in [0, 0.05) is 31.9 Å². The van der Waals surface area contributed by atoms with Gasteiger partial charge in [0.15, 0.2) is 0 Å². The van der Waals surface area contributed by atoms with E-state index < -0.39 is 29.3 Å². The predicted molar refractivity (Wildman–Crippen MR) is 147 cm³/mol. The highest BCUT2D eigenvalue weighted by atomic mass is 35.5. The van der Waals surface area contributed by atoms with E-state index in [1.165, 1.54) is 18.2 Å². The molecule has 1 aliphatic carbocycles. The number of alkyl halides is 2. The van der Waals surface area contributed by atoms with Crippen LogP contribution in [0.4, 0.5) is 24.5 Å². The first kappa shape index (κ1) is 27.4. The van der Waals surface area contributed by atoms with Crippen molar-refractivity contribution in [1.29, 1.82) is 0 Å². The summed E-state index contributed by atoms with van der Waals surface area (Å²) in [5.74, 6) is -0.253. The number of hydrogen-bond donors (Lipinski definition) is 1. The van der Waals surface area contributed by atoms with Crippen LogP contribution in [0.5, 0.6) is 0 Å². The lowest BCUT2D eigenvalue weighted by atomic mass is 9.74. The number of anilines is 2. The second kappa shape index (κ2) is 10.6. The van der Waals surface area contributed by atoms with Gasteiger partial charge in [0.2, 0.25) is 5.91 Å². The molecule has 41 heavy (non-hydrogen) atoms. The van der Waals surface area contributed by atoms with Gasteiger partial charge in [-0.15, -0.1) is 0 Å². The summed E-state index contributed by atoms with van der Waals surface area (Å²) >= 11 is 5.89. The molecule has 2 aliphatic heterocycles. The van der Waals surface area contributed by atoms with Gasteiger partial charge in [0.25, 0.3) is 12.3 Å². The molecule has 1 saturated carbocycles. The minimum atomic E-state index is -2.90. The summed E-state index contributed by atoms with van der Waals surface area (Å²) in [5, 5.41) is 2.95. The molecule has 1 aromatic carbocycles. The summed E-state index contributed by atoms with van der Waals surface area (Å²) in [4.78, 5) is 42.6. The second-order valence-corrected chi connectivity index (χ2v) is 11.5. The van der Waals surface area contributed by atoms with Crippen LogP contribution in [0.25, 0.3) is 0 Å². The van der Waals surface area contributed by atoms with Crippen molar-refractivity contribution >= 4 is 34.8 Å². The minimum Gasteiger partial charge on any atom is -0.366 e. The number of hydrogen-bond acceptors (Lipinski definition) is 6. The van der Waals surface area contributed by atoms with Crippen molar-refractivity contribution in [2.75, 3.05) is 29.4 Å². The molecule has 0 unspecified atom stereocenters. The first-order chi connectivity index (χ1) is 19.6. The van der Waals surface area contributed by atoms with Crippen LogP contribution in [0, 0.1) is 18.7 Å². The van der Waals surface area contributed by atoms with E-state index in [0.717, 1.165) is 17.4 Å². The monoisotopic (exact) mass is 584 g/mol. The average Bonchev–Trinajstić information content (AvgIpc) is 3.16. The van der Waals surface area contributed by atoms with E-state index in [1.54, 1.807) is 23.4 Å². The van der Waals surface area contributed by atoms with Crippen molar-refractivity contribution < 1.29 is 22.8 Å². The molecule has 4 heterocycles. The van der Waals surface area contributed by atoms with Crippen LogP contribution >= 0.6 is 11.6 Å². The molecule has 6 rings (SSSR count). The molecule has 12 heteroatoms. The van der Waals surface area contributed by atoms with Crippen molar-refractivity contribution in [3.63, 3.8) is 0 Å². The summed E-state index contributed by atoms with van der Waals surface area (Å²) in [6.45, 7) is 3.18. The second-order valence-electron chi connectivity index (χ2n) is 11.1. The van der Waals surface area contributed by atoms with Crippen LogP contribution in [-0.4, -0.2) is 52.4 Å². The Balaban J connectivity index is 1.11. The number of aromatic nitrogens is 3. The van der Waals surface area contributed by atoms with Crippen LogP contribution in [0.15, 0.2) is 42.9 Å². The van der Waals surface area contributed by atoms with Crippen LogP contribution in [0.2, 0.25) is 5.02 Å². The molecule has 1 spiro atoms. The molecular formula is C29H28ClF3N6O2. The lowest BCUT2D eigenvalue weighted by molar-refractivity contribution is -0.124. The van der Waals surface area contributed by atoms with Gasteiger partial charge < -0.3 is 15.1 Å². The highest BCUT2D eigenvalue weighted by Crippen LogP contribution is 2.49. The third-order valence-electron chi connectivity index (χ3n) is 8.43. The van der Waals surface area contributed by atoms with E-state index in [-0.39, 0.29) is 28.5 Å². The van der Waals surface area contributed by atoms with E-state index in [4.69, 9.17) is 11.6 Å². The molecule has 0 bridgehead atoms. The maximum Gasteiger partial charge on any atom is 0.281 e. The molecule has 214 valence electrons. The average molecular weight is 585 g/mol. The number of nitrogens with zero attached hydrogens (tertiary/aromatic N) is 5. The van der Waals surface area contributed by atoms with Crippen LogP contribution in [0.3, 0.4) is 0 Å². The van der Waals surface area contributed by atoms with Gasteiger partial charge in [-0.05, 0) is 62.3 Å². The first-order valence-electron chi connectivity index (χ1n) is 13.5. The molecule has 2 fully saturated rings. The van der Waals surface area contributed by atoms with E-state index in [2.05, 4.69) is 25.2 Å². The Hall–Kier alpha value is -3.73. The number of nitrogens with one attached hydrogen (secondary N) is 1. The normalized spacial score (nSPS) is 21.3. The predicted octanol–water partition coefficient (Wildman–Crippen LogP) is 5.00. The first-order valence-corrected chi connectivity index (χ1v) is 13.9. The number of rotatable bonds is 6. The third-order valence-corrected chi connectivity index (χ3v) is 8.64. The van der Waals surface area contributed by atoms with Crippen molar-refractivity contribution in [3.05, 3.63) is 76.3 Å². The summed E-state index contributed by atoms with van der Waals surface area (Å²) in [6.07, 6.45) is 4.36. The standard InChI is InChI=1S/C29H28ClF3N6O2/c1-16-34-11-21(12-35-16)38-14-29(15-38)23-7-4-19(31)9-24(23)39(28(29)41)13-17-2-5-20(6-3-17)37-27(40)22-8-18(30)10-36-25(22)26(32)33/h4,7-12,17,20,26H,2-3,5-6,13-15H2,1H3,(H,37,40). The molecule has 2 amide bonds. The minimum absolute atomic E-state index is 0.0363. The van der Waals surface area contributed by atoms with Gasteiger partial charge >= 0.3 is 0 Å². The maximum absolute atomic E-state index is 14.3. The number of fused-ring (bicyclic) bond motifs is 2. The fourth-order valence-corrected chi connectivity index (χ4v) is 6.41. The Morgan fingerprint density at radius 1 is 1.10 bits per heavy atom. The number of amides is 2. The molecule has 1 N–H and O–H groups in total. The number of carbonyl (C=O) groups excluding carboxylic acids is 2. The molecule has 8 nitrogen and oxygen atoms in total. The Morgan fingerprint density at radius 3 is 2.49 bits per heavy atom. The third kappa shape index (κ3) is 5.00. The van der Waals surface area contributed by atoms with E-state index in [9.17, 15) is 22.8 Å². The van der Waals surface area contributed by atoms with E-state index in [0.29, 0.717) is 56.8 Å². The van der Waals surface area contributed by atoms with E-state index >= 15 is 0 Å².